The Hall–Kier alpha value is -2.04. The molecule has 5 heteroatoms. The van der Waals surface area contributed by atoms with Crippen LogP contribution in [-0.4, -0.2) is 16.5 Å². The van der Waals surface area contributed by atoms with Crippen molar-refractivity contribution in [2.45, 2.75) is 6.54 Å². The van der Waals surface area contributed by atoms with E-state index >= 15 is 0 Å². The first-order valence-corrected chi connectivity index (χ1v) is 6.63. The van der Waals surface area contributed by atoms with Crippen molar-refractivity contribution in [1.82, 2.24) is 9.38 Å². The van der Waals surface area contributed by atoms with Gasteiger partial charge in [0.15, 0.2) is 5.65 Å². The summed E-state index contributed by atoms with van der Waals surface area (Å²) in [5.74, 6) is 0.765. The summed E-state index contributed by atoms with van der Waals surface area (Å²) in [4.78, 5) is 4.63. The minimum atomic E-state index is 0.370. The highest BCUT2D eigenvalue weighted by molar-refractivity contribution is 6.33. The molecule has 0 aliphatic rings. The van der Waals surface area contributed by atoms with Gasteiger partial charge in [-0.25, -0.2) is 4.98 Å². The molecule has 2 aromatic heterocycles. The van der Waals surface area contributed by atoms with Gasteiger partial charge in [-0.15, -0.1) is 0 Å². The summed E-state index contributed by atoms with van der Waals surface area (Å²) in [5, 5.41) is 0.600. The topological polar surface area (TPSA) is 52.5 Å². The molecule has 0 saturated carbocycles. The van der Waals surface area contributed by atoms with Gasteiger partial charge >= 0.3 is 0 Å². The van der Waals surface area contributed by atoms with Crippen molar-refractivity contribution in [3.8, 4) is 17.0 Å². The third-order valence-corrected chi connectivity index (χ3v) is 3.55. The van der Waals surface area contributed by atoms with Crippen molar-refractivity contribution in [3.63, 3.8) is 0 Å². The molecule has 0 fully saturated rings. The lowest BCUT2D eigenvalue weighted by Gasteiger charge is -2.07. The normalized spacial score (nSPS) is 10.9. The predicted octanol–water partition coefficient (Wildman–Crippen LogP) is 3.12. The first-order chi connectivity index (χ1) is 9.76. The fourth-order valence-electron chi connectivity index (χ4n) is 2.33. The van der Waals surface area contributed by atoms with E-state index in [-0.39, 0.29) is 0 Å². The minimum Gasteiger partial charge on any atom is -0.496 e. The van der Waals surface area contributed by atoms with Crippen LogP contribution in [0.25, 0.3) is 16.9 Å². The molecule has 3 aromatic rings. The van der Waals surface area contributed by atoms with Gasteiger partial charge in [0, 0.05) is 18.3 Å². The van der Waals surface area contributed by atoms with Gasteiger partial charge in [-0.2, -0.15) is 0 Å². The average molecular weight is 288 g/mol. The Bertz CT molecular complexity index is 767. The number of pyridine rings is 1. The van der Waals surface area contributed by atoms with Crippen LogP contribution in [0.2, 0.25) is 5.02 Å². The Morgan fingerprint density at radius 3 is 2.80 bits per heavy atom. The maximum Gasteiger partial charge on any atom is 0.156 e. The highest BCUT2D eigenvalue weighted by Crippen LogP contribution is 2.33. The number of benzene rings is 1. The third kappa shape index (κ3) is 1.94. The number of ether oxygens (including phenoxy) is 1. The number of hydrogen-bond donors (Lipinski definition) is 1. The number of fused-ring (bicyclic) bond motifs is 1. The number of rotatable bonds is 3. The quantitative estimate of drug-likeness (QED) is 0.805. The van der Waals surface area contributed by atoms with E-state index in [4.69, 9.17) is 22.1 Å². The standard InChI is InChI=1S/C15H14ClN3O/c1-20-13-7-3-2-5-10(13)14-12(9-17)19-8-4-6-11(16)15(19)18-14/h2-8H,9,17H2,1H3. The van der Waals surface area contributed by atoms with Crippen molar-refractivity contribution in [3.05, 3.63) is 53.3 Å². The Morgan fingerprint density at radius 1 is 1.25 bits per heavy atom. The average Bonchev–Trinajstić information content (AvgIpc) is 2.87. The highest BCUT2D eigenvalue weighted by Gasteiger charge is 2.17. The van der Waals surface area contributed by atoms with Crippen LogP contribution in [0.5, 0.6) is 5.75 Å². The molecule has 3 rings (SSSR count). The molecule has 0 aliphatic carbocycles. The van der Waals surface area contributed by atoms with Gasteiger partial charge < -0.3 is 14.9 Å². The predicted molar refractivity (Wildman–Crippen MR) is 80.1 cm³/mol. The molecule has 1 aromatic carbocycles. The van der Waals surface area contributed by atoms with Crippen LogP contribution < -0.4 is 10.5 Å². The second kappa shape index (κ2) is 5.15. The largest absolute Gasteiger partial charge is 0.496 e. The second-order valence-electron chi connectivity index (χ2n) is 4.36. The molecule has 0 atom stereocenters. The molecule has 102 valence electrons. The molecule has 0 amide bonds. The maximum absolute atomic E-state index is 6.21. The van der Waals surface area contributed by atoms with Crippen LogP contribution in [0.15, 0.2) is 42.6 Å². The van der Waals surface area contributed by atoms with Crippen molar-refractivity contribution < 1.29 is 4.74 Å². The van der Waals surface area contributed by atoms with Gasteiger partial charge in [-0.3, -0.25) is 0 Å². The van der Waals surface area contributed by atoms with Crippen LogP contribution in [0.4, 0.5) is 0 Å². The Labute approximate surface area is 121 Å². The molecular weight excluding hydrogens is 274 g/mol. The molecule has 0 radical (unpaired) electrons. The number of aromatic nitrogens is 2. The van der Waals surface area contributed by atoms with Gasteiger partial charge in [0.05, 0.1) is 23.5 Å². The Balaban J connectivity index is 2.33. The van der Waals surface area contributed by atoms with E-state index in [0.29, 0.717) is 17.2 Å². The molecule has 2 heterocycles. The number of imidazole rings is 1. The zero-order valence-corrected chi connectivity index (χ0v) is 11.8. The van der Waals surface area contributed by atoms with Crippen LogP contribution in [-0.2, 0) is 6.54 Å². The lowest BCUT2D eigenvalue weighted by molar-refractivity contribution is 0.416. The fraction of sp³-hybridized carbons (Fsp3) is 0.133. The van der Waals surface area contributed by atoms with Gasteiger partial charge in [-0.1, -0.05) is 23.7 Å². The van der Waals surface area contributed by atoms with Crippen LogP contribution in [0.1, 0.15) is 5.69 Å². The Kier molecular flexibility index (Phi) is 3.34. The zero-order chi connectivity index (χ0) is 14.1. The molecular formula is C15H14ClN3O. The van der Waals surface area contributed by atoms with E-state index in [9.17, 15) is 0 Å². The van der Waals surface area contributed by atoms with E-state index in [1.807, 2.05) is 47.0 Å². The summed E-state index contributed by atoms with van der Waals surface area (Å²) in [6.45, 7) is 0.370. The maximum atomic E-state index is 6.21. The van der Waals surface area contributed by atoms with E-state index in [1.165, 1.54) is 0 Å². The van der Waals surface area contributed by atoms with E-state index in [0.717, 1.165) is 22.7 Å². The zero-order valence-electron chi connectivity index (χ0n) is 11.0. The summed E-state index contributed by atoms with van der Waals surface area (Å²) in [6, 6.07) is 11.4. The number of nitrogens with zero attached hydrogens (tertiary/aromatic N) is 2. The molecule has 0 spiro atoms. The first-order valence-electron chi connectivity index (χ1n) is 6.25. The van der Waals surface area contributed by atoms with E-state index < -0.39 is 0 Å². The lowest BCUT2D eigenvalue weighted by atomic mass is 10.1. The fourth-order valence-corrected chi connectivity index (χ4v) is 2.54. The summed E-state index contributed by atoms with van der Waals surface area (Å²) < 4.78 is 7.32. The SMILES string of the molecule is COc1ccccc1-c1nc2c(Cl)cccn2c1CN. The second-order valence-corrected chi connectivity index (χ2v) is 4.77. The molecule has 2 N–H and O–H groups in total. The van der Waals surface area contributed by atoms with Crippen molar-refractivity contribution in [2.75, 3.05) is 7.11 Å². The Morgan fingerprint density at radius 2 is 2.05 bits per heavy atom. The van der Waals surface area contributed by atoms with Crippen molar-refractivity contribution in [1.29, 1.82) is 0 Å². The molecule has 0 saturated heterocycles. The van der Waals surface area contributed by atoms with E-state index in [1.54, 1.807) is 7.11 Å². The number of methoxy groups -OCH3 is 1. The van der Waals surface area contributed by atoms with Crippen LogP contribution in [0, 0.1) is 0 Å². The molecule has 4 nitrogen and oxygen atoms in total. The monoisotopic (exact) mass is 287 g/mol. The number of hydrogen-bond acceptors (Lipinski definition) is 3. The van der Waals surface area contributed by atoms with Gasteiger partial charge in [0.1, 0.15) is 5.75 Å². The molecule has 20 heavy (non-hydrogen) atoms. The van der Waals surface area contributed by atoms with Crippen LogP contribution >= 0.6 is 11.6 Å². The lowest BCUT2D eigenvalue weighted by Crippen LogP contribution is -2.02. The molecule has 0 bridgehead atoms. The number of nitrogens with two attached hydrogens (primary N) is 1. The third-order valence-electron chi connectivity index (χ3n) is 3.26. The van der Waals surface area contributed by atoms with Gasteiger partial charge in [0.25, 0.3) is 0 Å². The summed E-state index contributed by atoms with van der Waals surface area (Å²) in [7, 11) is 1.64. The van der Waals surface area contributed by atoms with Gasteiger partial charge in [0.2, 0.25) is 0 Å². The summed E-state index contributed by atoms with van der Waals surface area (Å²) in [5.41, 5.74) is 9.22. The van der Waals surface area contributed by atoms with E-state index in [2.05, 4.69) is 4.98 Å². The summed E-state index contributed by atoms with van der Waals surface area (Å²) >= 11 is 6.21. The minimum absolute atomic E-state index is 0.370. The first kappa shape index (κ1) is 13.0. The summed E-state index contributed by atoms with van der Waals surface area (Å²) in [6.07, 6.45) is 1.91. The smallest absolute Gasteiger partial charge is 0.156 e. The van der Waals surface area contributed by atoms with Crippen molar-refractivity contribution in [2.24, 2.45) is 5.73 Å². The van der Waals surface area contributed by atoms with Gasteiger partial charge in [-0.05, 0) is 24.3 Å². The number of para-hydroxylation sites is 1. The molecule has 0 unspecified atom stereocenters. The van der Waals surface area contributed by atoms with Crippen molar-refractivity contribution >= 4 is 17.2 Å². The molecule has 0 aliphatic heterocycles. The highest BCUT2D eigenvalue weighted by atomic mass is 35.5. The number of halogens is 1. The van der Waals surface area contributed by atoms with Crippen LogP contribution in [0.3, 0.4) is 0 Å².